The number of halogens is 1. The topological polar surface area (TPSA) is 72.2 Å². The molecule has 0 spiro atoms. The van der Waals surface area contributed by atoms with Gasteiger partial charge in [0.05, 0.1) is 21.6 Å². The van der Waals surface area contributed by atoms with Crippen molar-refractivity contribution in [3.8, 4) is 11.3 Å². The fourth-order valence-corrected chi connectivity index (χ4v) is 3.34. The molecule has 7 heteroatoms. The van der Waals surface area contributed by atoms with Gasteiger partial charge in [-0.3, -0.25) is 9.59 Å². The number of para-hydroxylation sites is 1. The third-order valence-corrected chi connectivity index (χ3v) is 4.72. The van der Waals surface area contributed by atoms with Crippen molar-refractivity contribution in [2.75, 3.05) is 5.32 Å². The second kappa shape index (κ2) is 6.74. The van der Waals surface area contributed by atoms with Gasteiger partial charge in [0.2, 0.25) is 0 Å². The number of thiazole rings is 1. The average Bonchev–Trinajstić information content (AvgIpc) is 3.17. The molecule has 2 aromatic carbocycles. The lowest BCUT2D eigenvalue weighted by Gasteiger charge is -2.09. The lowest BCUT2D eigenvalue weighted by atomic mass is 10.1. The van der Waals surface area contributed by atoms with Crippen LogP contribution in [-0.2, 0) is 0 Å². The fraction of sp³-hybridized carbons (Fsp3) is 0. The van der Waals surface area contributed by atoms with Gasteiger partial charge in [-0.15, -0.1) is 11.3 Å². The number of hydrogen-bond donors (Lipinski definition) is 1. The number of nitrogens with zero attached hydrogens (tertiary/aromatic N) is 1. The van der Waals surface area contributed by atoms with Crippen LogP contribution >= 0.6 is 22.9 Å². The summed E-state index contributed by atoms with van der Waals surface area (Å²) in [5.41, 5.74) is 2.95. The van der Waals surface area contributed by atoms with Crippen LogP contribution in [0.2, 0.25) is 5.02 Å². The summed E-state index contributed by atoms with van der Waals surface area (Å²) in [6, 6.07) is 13.5. The smallest absolute Gasteiger partial charge is 0.275 e. The molecule has 0 aliphatic carbocycles. The molecule has 0 aliphatic rings. The maximum atomic E-state index is 12.5. The Hall–Kier alpha value is -2.96. The monoisotopic (exact) mass is 382 g/mol. The Labute approximate surface area is 156 Å². The van der Waals surface area contributed by atoms with Gasteiger partial charge < -0.3 is 9.73 Å². The largest absolute Gasteiger partial charge is 0.454 e. The van der Waals surface area contributed by atoms with Crippen molar-refractivity contribution in [3.63, 3.8) is 0 Å². The Bertz CT molecular complexity index is 1170. The molecule has 0 atom stereocenters. The van der Waals surface area contributed by atoms with E-state index in [0.717, 1.165) is 0 Å². The molecular formula is C19H11ClN2O3S. The van der Waals surface area contributed by atoms with E-state index in [1.807, 2.05) is 0 Å². The summed E-state index contributed by atoms with van der Waals surface area (Å²) >= 11 is 7.54. The minimum Gasteiger partial charge on any atom is -0.454 e. The lowest BCUT2D eigenvalue weighted by Crippen LogP contribution is -2.13. The van der Waals surface area contributed by atoms with Gasteiger partial charge in [0, 0.05) is 17.0 Å². The molecule has 128 valence electrons. The first-order chi connectivity index (χ1) is 12.6. The molecule has 0 radical (unpaired) electrons. The molecular weight excluding hydrogens is 372 g/mol. The zero-order valence-electron chi connectivity index (χ0n) is 13.2. The standard InChI is InChI=1S/C19H11ClN2O3S/c20-13-6-2-1-4-11(13)17-8-16(23)12-5-3-7-14(18(12)25-17)22-19(24)15-9-26-10-21-15/h1-10H,(H,22,24). The molecule has 1 N–H and O–H groups in total. The summed E-state index contributed by atoms with van der Waals surface area (Å²) in [5, 5.41) is 5.24. The van der Waals surface area contributed by atoms with Crippen LogP contribution < -0.4 is 10.7 Å². The highest BCUT2D eigenvalue weighted by Crippen LogP contribution is 2.31. The van der Waals surface area contributed by atoms with Gasteiger partial charge in [-0.25, -0.2) is 4.98 Å². The molecule has 0 bridgehead atoms. The molecule has 0 unspecified atom stereocenters. The van der Waals surface area contributed by atoms with Gasteiger partial charge in [-0.05, 0) is 24.3 Å². The van der Waals surface area contributed by atoms with E-state index in [2.05, 4.69) is 10.3 Å². The van der Waals surface area contributed by atoms with E-state index < -0.39 is 0 Å². The Kier molecular flexibility index (Phi) is 4.28. The maximum Gasteiger partial charge on any atom is 0.275 e. The van der Waals surface area contributed by atoms with Crippen molar-refractivity contribution in [1.29, 1.82) is 0 Å². The highest BCUT2D eigenvalue weighted by molar-refractivity contribution is 7.07. The van der Waals surface area contributed by atoms with E-state index in [1.54, 1.807) is 53.4 Å². The number of carbonyl (C=O) groups excluding carboxylic acids is 1. The molecule has 26 heavy (non-hydrogen) atoms. The zero-order chi connectivity index (χ0) is 18.1. The SMILES string of the molecule is O=C(Nc1cccc2c(=O)cc(-c3ccccc3Cl)oc12)c1cscn1. The van der Waals surface area contributed by atoms with Crippen LogP contribution in [0.1, 0.15) is 10.5 Å². The van der Waals surface area contributed by atoms with Crippen molar-refractivity contribution in [3.05, 3.63) is 80.4 Å². The number of amides is 1. The summed E-state index contributed by atoms with van der Waals surface area (Å²) < 4.78 is 5.94. The molecule has 0 aliphatic heterocycles. The normalized spacial score (nSPS) is 10.8. The van der Waals surface area contributed by atoms with Crippen molar-refractivity contribution in [2.45, 2.75) is 0 Å². The molecule has 0 saturated heterocycles. The van der Waals surface area contributed by atoms with Crippen LogP contribution in [0.15, 0.2) is 68.6 Å². The van der Waals surface area contributed by atoms with Gasteiger partial charge in [0.15, 0.2) is 11.0 Å². The predicted octanol–water partition coefficient (Wildman–Crippen LogP) is 4.82. The first kappa shape index (κ1) is 16.5. The minimum atomic E-state index is -0.371. The van der Waals surface area contributed by atoms with Crippen LogP contribution in [0.4, 0.5) is 5.69 Å². The van der Waals surface area contributed by atoms with Crippen LogP contribution in [0.5, 0.6) is 0 Å². The number of benzene rings is 2. The fourth-order valence-electron chi connectivity index (χ4n) is 2.58. The molecule has 0 saturated carbocycles. The number of aromatic nitrogens is 1. The first-order valence-corrected chi connectivity index (χ1v) is 8.97. The quantitative estimate of drug-likeness (QED) is 0.551. The van der Waals surface area contributed by atoms with E-state index in [1.165, 1.54) is 17.4 Å². The van der Waals surface area contributed by atoms with Crippen molar-refractivity contribution >= 4 is 45.5 Å². The second-order valence-electron chi connectivity index (χ2n) is 5.46. The number of fused-ring (bicyclic) bond motifs is 1. The van der Waals surface area contributed by atoms with Crippen molar-refractivity contribution < 1.29 is 9.21 Å². The maximum absolute atomic E-state index is 12.5. The van der Waals surface area contributed by atoms with Crippen LogP contribution in [0.3, 0.4) is 0 Å². The summed E-state index contributed by atoms with van der Waals surface area (Å²) in [5.74, 6) is -0.0343. The average molecular weight is 383 g/mol. The summed E-state index contributed by atoms with van der Waals surface area (Å²) in [7, 11) is 0. The predicted molar refractivity (Wildman–Crippen MR) is 103 cm³/mol. The molecule has 4 rings (SSSR count). The molecule has 0 fully saturated rings. The summed E-state index contributed by atoms with van der Waals surface area (Å²) in [6.07, 6.45) is 0. The van der Waals surface area contributed by atoms with E-state index >= 15 is 0 Å². The minimum absolute atomic E-state index is 0.217. The highest BCUT2D eigenvalue weighted by atomic mass is 35.5. The van der Waals surface area contributed by atoms with Gasteiger partial charge in [0.25, 0.3) is 5.91 Å². The van der Waals surface area contributed by atoms with E-state index in [9.17, 15) is 9.59 Å². The molecule has 2 aromatic heterocycles. The number of hydrogen-bond acceptors (Lipinski definition) is 5. The van der Waals surface area contributed by atoms with E-state index in [4.69, 9.17) is 16.0 Å². The van der Waals surface area contributed by atoms with Crippen LogP contribution in [0.25, 0.3) is 22.3 Å². The van der Waals surface area contributed by atoms with Gasteiger partial charge >= 0.3 is 0 Å². The highest BCUT2D eigenvalue weighted by Gasteiger charge is 2.15. The van der Waals surface area contributed by atoms with E-state index in [0.29, 0.717) is 38.7 Å². The van der Waals surface area contributed by atoms with Crippen molar-refractivity contribution in [2.24, 2.45) is 0 Å². The Morgan fingerprint density at radius 3 is 2.77 bits per heavy atom. The molecule has 5 nitrogen and oxygen atoms in total. The lowest BCUT2D eigenvalue weighted by molar-refractivity contribution is 0.102. The number of nitrogens with one attached hydrogen (secondary N) is 1. The summed E-state index contributed by atoms with van der Waals surface area (Å²) in [4.78, 5) is 28.8. The first-order valence-electron chi connectivity index (χ1n) is 7.65. The van der Waals surface area contributed by atoms with Crippen LogP contribution in [0, 0.1) is 0 Å². The third-order valence-electron chi connectivity index (χ3n) is 3.81. The van der Waals surface area contributed by atoms with Gasteiger partial charge in [-0.1, -0.05) is 29.8 Å². The molecule has 1 amide bonds. The van der Waals surface area contributed by atoms with Gasteiger partial charge in [-0.2, -0.15) is 0 Å². The third kappa shape index (κ3) is 3.00. The second-order valence-corrected chi connectivity index (χ2v) is 6.59. The number of rotatable bonds is 3. The number of anilines is 1. The van der Waals surface area contributed by atoms with Crippen LogP contribution in [-0.4, -0.2) is 10.9 Å². The molecule has 4 aromatic rings. The number of carbonyl (C=O) groups is 1. The van der Waals surface area contributed by atoms with E-state index in [-0.39, 0.29) is 11.3 Å². The zero-order valence-corrected chi connectivity index (χ0v) is 14.8. The van der Waals surface area contributed by atoms with Gasteiger partial charge in [0.1, 0.15) is 11.5 Å². The summed E-state index contributed by atoms with van der Waals surface area (Å²) in [6.45, 7) is 0. The van der Waals surface area contributed by atoms with Crippen molar-refractivity contribution in [1.82, 2.24) is 4.98 Å². The molecule has 2 heterocycles. The Morgan fingerprint density at radius 1 is 1.15 bits per heavy atom. The Morgan fingerprint density at radius 2 is 2.00 bits per heavy atom. The Balaban J connectivity index is 1.86.